The molecule has 1 aromatic heterocycles. The van der Waals surface area contributed by atoms with Gasteiger partial charge in [0, 0.05) is 11.1 Å². The lowest BCUT2D eigenvalue weighted by Crippen LogP contribution is -2.04. The van der Waals surface area contributed by atoms with Crippen molar-refractivity contribution in [3.05, 3.63) is 66.6 Å². The van der Waals surface area contributed by atoms with Gasteiger partial charge in [0.15, 0.2) is 5.76 Å². The third-order valence-corrected chi connectivity index (χ3v) is 2.95. The molecular formula is C16H10F3NO. The molecule has 3 rings (SSSR count). The molecule has 0 amide bonds. The van der Waals surface area contributed by atoms with Crippen molar-refractivity contribution >= 4 is 0 Å². The van der Waals surface area contributed by atoms with E-state index >= 15 is 0 Å². The van der Waals surface area contributed by atoms with Gasteiger partial charge in [-0.15, -0.1) is 0 Å². The Balaban J connectivity index is 2.20. The maximum Gasteiger partial charge on any atom is 0.468 e. The van der Waals surface area contributed by atoms with Gasteiger partial charge in [-0.3, -0.25) is 0 Å². The van der Waals surface area contributed by atoms with Crippen molar-refractivity contribution in [1.29, 1.82) is 0 Å². The van der Waals surface area contributed by atoms with Gasteiger partial charge < -0.3 is 4.42 Å². The van der Waals surface area contributed by atoms with Crippen molar-refractivity contribution in [2.24, 2.45) is 0 Å². The van der Waals surface area contributed by atoms with E-state index in [0.29, 0.717) is 11.1 Å². The molecule has 106 valence electrons. The first-order valence-electron chi connectivity index (χ1n) is 6.24. The smallest absolute Gasteiger partial charge is 0.432 e. The molecule has 0 fully saturated rings. The standard InChI is InChI=1S/C16H10F3NO/c17-16(18,19)15-20-13(11-7-3-1-4-8-11)14(21-15)12-9-5-2-6-10-12/h1-10H. The fourth-order valence-corrected chi connectivity index (χ4v) is 2.02. The summed E-state index contributed by atoms with van der Waals surface area (Å²) in [6, 6.07) is 17.3. The molecule has 0 saturated carbocycles. The minimum atomic E-state index is -4.61. The molecule has 0 unspecified atom stereocenters. The predicted octanol–water partition coefficient (Wildman–Crippen LogP) is 5.03. The molecule has 0 N–H and O–H groups in total. The molecule has 0 aliphatic heterocycles. The summed E-state index contributed by atoms with van der Waals surface area (Å²) in [4.78, 5) is 3.64. The summed E-state index contributed by atoms with van der Waals surface area (Å²) in [5.41, 5.74) is 1.32. The number of halogens is 3. The fourth-order valence-electron chi connectivity index (χ4n) is 2.02. The van der Waals surface area contributed by atoms with Crippen LogP contribution in [0.15, 0.2) is 65.1 Å². The third-order valence-electron chi connectivity index (χ3n) is 2.95. The summed E-state index contributed by atoms with van der Waals surface area (Å²) in [5.74, 6) is -1.12. The van der Waals surface area contributed by atoms with Crippen LogP contribution in [0.3, 0.4) is 0 Å². The average molecular weight is 289 g/mol. The van der Waals surface area contributed by atoms with Crippen molar-refractivity contribution in [3.63, 3.8) is 0 Å². The third kappa shape index (κ3) is 2.67. The lowest BCUT2D eigenvalue weighted by molar-refractivity contribution is -0.156. The van der Waals surface area contributed by atoms with Crippen molar-refractivity contribution in [2.45, 2.75) is 6.18 Å². The van der Waals surface area contributed by atoms with E-state index in [1.165, 1.54) is 0 Å². The summed E-state index contributed by atoms with van der Waals surface area (Å²) in [7, 11) is 0. The highest BCUT2D eigenvalue weighted by Gasteiger charge is 2.38. The topological polar surface area (TPSA) is 26.0 Å². The highest BCUT2D eigenvalue weighted by molar-refractivity contribution is 5.76. The van der Waals surface area contributed by atoms with E-state index in [2.05, 4.69) is 4.98 Å². The molecule has 21 heavy (non-hydrogen) atoms. The van der Waals surface area contributed by atoms with Crippen LogP contribution in [0.25, 0.3) is 22.6 Å². The predicted molar refractivity (Wildman–Crippen MR) is 72.4 cm³/mol. The van der Waals surface area contributed by atoms with E-state index in [9.17, 15) is 13.2 Å². The minimum absolute atomic E-state index is 0.120. The number of hydrogen-bond acceptors (Lipinski definition) is 2. The van der Waals surface area contributed by atoms with Crippen LogP contribution in [0.1, 0.15) is 5.89 Å². The van der Waals surface area contributed by atoms with Crippen LogP contribution in [0.5, 0.6) is 0 Å². The Kier molecular flexibility index (Phi) is 3.25. The molecule has 0 atom stereocenters. The van der Waals surface area contributed by atoms with Crippen LogP contribution in [-0.4, -0.2) is 4.98 Å². The largest absolute Gasteiger partial charge is 0.468 e. The highest BCUT2D eigenvalue weighted by Crippen LogP contribution is 2.38. The minimum Gasteiger partial charge on any atom is -0.432 e. The van der Waals surface area contributed by atoms with Crippen molar-refractivity contribution in [1.82, 2.24) is 4.98 Å². The van der Waals surface area contributed by atoms with Gasteiger partial charge in [0.2, 0.25) is 0 Å². The number of oxazole rings is 1. The first kappa shape index (κ1) is 13.4. The van der Waals surface area contributed by atoms with Gasteiger partial charge in [-0.25, -0.2) is 4.98 Å². The molecule has 0 spiro atoms. The molecule has 0 saturated heterocycles. The summed E-state index contributed by atoms with van der Waals surface area (Å²) in [6.45, 7) is 0. The van der Waals surface area contributed by atoms with E-state index in [4.69, 9.17) is 4.42 Å². The Morgan fingerprint density at radius 2 is 1.29 bits per heavy atom. The zero-order chi connectivity index (χ0) is 14.9. The molecule has 2 nitrogen and oxygen atoms in total. The van der Waals surface area contributed by atoms with E-state index in [0.717, 1.165) is 0 Å². The van der Waals surface area contributed by atoms with Gasteiger partial charge in [0.25, 0.3) is 0 Å². The SMILES string of the molecule is FC(F)(F)c1nc(-c2ccccc2)c(-c2ccccc2)o1. The number of hydrogen-bond donors (Lipinski definition) is 0. The van der Waals surface area contributed by atoms with E-state index in [-0.39, 0.29) is 11.5 Å². The first-order chi connectivity index (χ1) is 10.1. The monoisotopic (exact) mass is 289 g/mol. The Morgan fingerprint density at radius 3 is 1.81 bits per heavy atom. The summed E-state index contributed by atoms with van der Waals surface area (Å²) in [6.07, 6.45) is -4.61. The maximum atomic E-state index is 12.9. The first-order valence-corrected chi connectivity index (χ1v) is 6.24. The van der Waals surface area contributed by atoms with Gasteiger partial charge in [-0.05, 0) is 0 Å². The molecule has 0 radical (unpaired) electrons. The summed E-state index contributed by atoms with van der Waals surface area (Å²) >= 11 is 0. The van der Waals surface area contributed by atoms with Gasteiger partial charge in [0.1, 0.15) is 5.69 Å². The van der Waals surface area contributed by atoms with Gasteiger partial charge >= 0.3 is 12.1 Å². The van der Waals surface area contributed by atoms with Gasteiger partial charge in [-0.2, -0.15) is 13.2 Å². The molecule has 0 bridgehead atoms. The Labute approximate surface area is 118 Å². The number of rotatable bonds is 2. The molecule has 0 aliphatic carbocycles. The van der Waals surface area contributed by atoms with Crippen LogP contribution in [0.2, 0.25) is 0 Å². The molecule has 3 aromatic rings. The Morgan fingerprint density at radius 1 is 0.762 bits per heavy atom. The second kappa shape index (κ2) is 5.09. The fraction of sp³-hybridized carbons (Fsp3) is 0.0625. The van der Waals surface area contributed by atoms with Crippen LogP contribution >= 0.6 is 0 Å². The zero-order valence-corrected chi connectivity index (χ0v) is 10.8. The van der Waals surface area contributed by atoms with Crippen molar-refractivity contribution in [2.75, 3.05) is 0 Å². The number of alkyl halides is 3. The quantitative estimate of drug-likeness (QED) is 0.661. The summed E-state index contributed by atoms with van der Waals surface area (Å²) < 4.78 is 43.6. The average Bonchev–Trinajstić information content (AvgIpc) is 2.94. The highest BCUT2D eigenvalue weighted by atomic mass is 19.4. The lowest BCUT2D eigenvalue weighted by atomic mass is 10.1. The van der Waals surface area contributed by atoms with E-state index in [1.807, 2.05) is 0 Å². The maximum absolute atomic E-state index is 12.9. The van der Waals surface area contributed by atoms with Crippen LogP contribution in [0, 0.1) is 0 Å². The molecule has 0 aliphatic rings. The van der Waals surface area contributed by atoms with Crippen LogP contribution in [-0.2, 0) is 6.18 Å². The zero-order valence-electron chi connectivity index (χ0n) is 10.8. The van der Waals surface area contributed by atoms with Crippen LogP contribution < -0.4 is 0 Å². The number of benzene rings is 2. The van der Waals surface area contributed by atoms with Crippen LogP contribution in [0.4, 0.5) is 13.2 Å². The van der Waals surface area contributed by atoms with Crippen molar-refractivity contribution in [3.8, 4) is 22.6 Å². The Hall–Kier alpha value is -2.56. The van der Waals surface area contributed by atoms with Crippen molar-refractivity contribution < 1.29 is 17.6 Å². The van der Waals surface area contributed by atoms with E-state index in [1.54, 1.807) is 60.7 Å². The molecule has 5 heteroatoms. The molecule has 2 aromatic carbocycles. The van der Waals surface area contributed by atoms with E-state index < -0.39 is 12.1 Å². The normalized spacial score (nSPS) is 11.6. The summed E-state index contributed by atoms with van der Waals surface area (Å²) in [5, 5.41) is 0. The van der Waals surface area contributed by atoms with Gasteiger partial charge in [0.05, 0.1) is 0 Å². The number of nitrogens with zero attached hydrogens (tertiary/aromatic N) is 1. The van der Waals surface area contributed by atoms with Gasteiger partial charge in [-0.1, -0.05) is 60.7 Å². The Bertz CT molecular complexity index is 676. The molecular weight excluding hydrogens is 279 g/mol. The molecule has 1 heterocycles. The number of aromatic nitrogens is 1. The second-order valence-corrected chi connectivity index (χ2v) is 4.43. The lowest BCUT2D eigenvalue weighted by Gasteiger charge is -2.01. The second-order valence-electron chi connectivity index (χ2n) is 4.43.